The molecule has 3 heterocycles. The molecule has 10 heteroatoms. The number of benzene rings is 2. The Morgan fingerprint density at radius 2 is 1.51 bits per heavy atom. The fourth-order valence-corrected chi connectivity index (χ4v) is 6.54. The van der Waals surface area contributed by atoms with Gasteiger partial charge >= 0.3 is 0 Å². The van der Waals surface area contributed by atoms with Crippen LogP contribution in [-0.4, -0.2) is 83.9 Å². The molecular weight excluding hydrogens is 644 g/mol. The van der Waals surface area contributed by atoms with Gasteiger partial charge in [-0.25, -0.2) is 0 Å². The summed E-state index contributed by atoms with van der Waals surface area (Å²) in [5.74, 6) is -1.60. The van der Waals surface area contributed by atoms with Crippen molar-refractivity contribution in [3.8, 4) is 0 Å². The molecule has 2 aliphatic heterocycles. The van der Waals surface area contributed by atoms with E-state index in [0.717, 1.165) is 49.5 Å². The molecule has 4 unspecified atom stereocenters. The van der Waals surface area contributed by atoms with Gasteiger partial charge in [0.1, 0.15) is 5.60 Å². The molecule has 4 atom stereocenters. The lowest BCUT2D eigenvalue weighted by Gasteiger charge is -2.26. The average Bonchev–Trinajstić information content (AvgIpc) is 3.89. The number of carbonyl (C=O) groups is 4. The van der Waals surface area contributed by atoms with Crippen LogP contribution in [0.3, 0.4) is 0 Å². The Kier molecular flexibility index (Phi) is 13.6. The van der Waals surface area contributed by atoms with Gasteiger partial charge in [-0.1, -0.05) is 68.4 Å². The highest BCUT2D eigenvalue weighted by atomic mass is 16.6. The molecule has 2 aliphatic rings. The zero-order chi connectivity index (χ0) is 36.2. The average molecular weight is 697 g/mol. The summed E-state index contributed by atoms with van der Waals surface area (Å²) in [6, 6.07) is 20.0. The summed E-state index contributed by atoms with van der Waals surface area (Å²) in [5, 5.41) is 6.00. The van der Waals surface area contributed by atoms with Gasteiger partial charge in [0, 0.05) is 44.4 Å². The number of hydrogen-bond donors (Lipinski definition) is 2. The van der Waals surface area contributed by atoms with Crippen molar-refractivity contribution < 1.29 is 28.7 Å². The van der Waals surface area contributed by atoms with Crippen LogP contribution in [0.25, 0.3) is 0 Å². The van der Waals surface area contributed by atoms with Gasteiger partial charge in [-0.15, -0.1) is 0 Å². The monoisotopic (exact) mass is 696 g/mol. The maximum Gasteiger partial charge on any atom is 0.224 e. The van der Waals surface area contributed by atoms with Gasteiger partial charge < -0.3 is 20.1 Å². The summed E-state index contributed by atoms with van der Waals surface area (Å²) in [4.78, 5) is 61.4. The van der Waals surface area contributed by atoms with Crippen molar-refractivity contribution in [3.05, 3.63) is 101 Å². The van der Waals surface area contributed by atoms with Gasteiger partial charge in [-0.2, -0.15) is 0 Å². The van der Waals surface area contributed by atoms with Gasteiger partial charge in [0.05, 0.1) is 38.3 Å². The third kappa shape index (κ3) is 11.9. The maximum atomic E-state index is 14.2. The minimum Gasteiger partial charge on any atom is -0.379 e. The van der Waals surface area contributed by atoms with Crippen molar-refractivity contribution in [2.75, 3.05) is 32.9 Å². The van der Waals surface area contributed by atoms with E-state index in [0.29, 0.717) is 25.9 Å². The number of nitrogens with zero attached hydrogens (tertiary/aromatic N) is 2. The van der Waals surface area contributed by atoms with Crippen LogP contribution in [-0.2, 0) is 54.5 Å². The highest BCUT2D eigenvalue weighted by Gasteiger charge is 2.50. The molecule has 10 nitrogen and oxygen atoms in total. The normalized spacial score (nSPS) is 19.1. The third-order valence-electron chi connectivity index (χ3n) is 9.67. The molecule has 0 bridgehead atoms. The summed E-state index contributed by atoms with van der Waals surface area (Å²) >= 11 is 0. The second-order valence-corrected chi connectivity index (χ2v) is 14.5. The van der Waals surface area contributed by atoms with Crippen LogP contribution >= 0.6 is 0 Å². The lowest BCUT2D eigenvalue weighted by molar-refractivity contribution is -0.134. The first-order valence-electron chi connectivity index (χ1n) is 18.2. The summed E-state index contributed by atoms with van der Waals surface area (Å²) in [7, 11) is 0. The molecule has 2 N–H and O–H groups in total. The minimum atomic E-state index is -0.890. The van der Waals surface area contributed by atoms with Crippen LogP contribution in [0.4, 0.5) is 0 Å². The fourth-order valence-electron chi connectivity index (χ4n) is 6.54. The molecule has 5 rings (SSSR count). The van der Waals surface area contributed by atoms with Crippen LogP contribution in [0.5, 0.6) is 0 Å². The van der Waals surface area contributed by atoms with Gasteiger partial charge in [-0.3, -0.25) is 29.1 Å². The number of Topliss-reactive ketones (excluding diaryl/α,β-unsaturated/α-hetero) is 2. The van der Waals surface area contributed by atoms with E-state index in [-0.39, 0.29) is 48.6 Å². The maximum absolute atomic E-state index is 14.2. The Morgan fingerprint density at radius 3 is 2.16 bits per heavy atom. The Labute approximate surface area is 301 Å². The SMILES string of the molecule is CC(C)CC(NC(=O)C(CC(=O)C(CCc1ccccc1)NC(=O)Cc1ccc(CN2CCOCC2)cc1)Cc1ccncc1)C(=O)C1(C)CO1. The fraction of sp³-hybridized carbons (Fsp3) is 0.488. The first kappa shape index (κ1) is 38.0. The molecule has 1 aromatic heterocycles. The van der Waals surface area contributed by atoms with Crippen molar-refractivity contribution in [3.63, 3.8) is 0 Å². The molecule has 0 saturated carbocycles. The molecule has 2 saturated heterocycles. The molecule has 0 aliphatic carbocycles. The van der Waals surface area contributed by atoms with Crippen molar-refractivity contribution in [2.45, 2.75) is 83.5 Å². The van der Waals surface area contributed by atoms with Crippen LogP contribution in [0.2, 0.25) is 0 Å². The number of aryl methyl sites for hydroxylation is 1. The van der Waals surface area contributed by atoms with Crippen molar-refractivity contribution in [2.24, 2.45) is 11.8 Å². The molecule has 2 fully saturated rings. The first-order valence-corrected chi connectivity index (χ1v) is 18.2. The number of pyridine rings is 1. The van der Waals surface area contributed by atoms with E-state index in [4.69, 9.17) is 9.47 Å². The topological polar surface area (TPSA) is 130 Å². The predicted octanol–water partition coefficient (Wildman–Crippen LogP) is 4.28. The van der Waals surface area contributed by atoms with Gasteiger partial charge in [0.15, 0.2) is 11.6 Å². The summed E-state index contributed by atoms with van der Waals surface area (Å²) in [5.41, 5.74) is 3.05. The van der Waals surface area contributed by atoms with Crippen molar-refractivity contribution in [1.29, 1.82) is 0 Å². The lowest BCUT2D eigenvalue weighted by atomic mass is 9.88. The third-order valence-corrected chi connectivity index (χ3v) is 9.67. The van der Waals surface area contributed by atoms with Gasteiger partial charge in [0.2, 0.25) is 11.8 Å². The number of aromatic nitrogens is 1. The molecule has 2 aromatic carbocycles. The quantitative estimate of drug-likeness (QED) is 0.178. The Hall–Kier alpha value is -4.25. The van der Waals surface area contributed by atoms with E-state index in [2.05, 4.69) is 20.5 Å². The first-order chi connectivity index (χ1) is 24.6. The number of carbonyl (C=O) groups excluding carboxylic acids is 4. The van der Waals surface area contributed by atoms with E-state index in [1.807, 2.05) is 80.6 Å². The molecule has 2 amide bonds. The molecule has 272 valence electrons. The van der Waals surface area contributed by atoms with Crippen LogP contribution in [0.15, 0.2) is 79.1 Å². The standard InChI is InChI=1S/C41H52N4O6/c1-29(2)23-36(39(48)41(3)28-51-41)44-40(49)34(24-32-15-17-42-18-16-32)26-37(46)35(14-13-30-7-5-4-6-8-30)43-38(47)25-31-9-11-33(12-10-31)27-45-19-21-50-22-20-45/h4-12,15-18,29,34-36H,13-14,19-28H2,1-3H3,(H,43,47)(H,44,49). The van der Waals surface area contributed by atoms with E-state index < -0.39 is 23.6 Å². The Bertz CT molecular complexity index is 1590. The van der Waals surface area contributed by atoms with E-state index in [9.17, 15) is 19.2 Å². The summed E-state index contributed by atoms with van der Waals surface area (Å²) in [6.45, 7) is 10.2. The second-order valence-electron chi connectivity index (χ2n) is 14.5. The van der Waals surface area contributed by atoms with Gasteiger partial charge in [0.25, 0.3) is 0 Å². The molecular formula is C41H52N4O6. The summed E-state index contributed by atoms with van der Waals surface area (Å²) in [6.07, 6.45) is 5.06. The van der Waals surface area contributed by atoms with E-state index in [1.54, 1.807) is 19.3 Å². The zero-order valence-corrected chi connectivity index (χ0v) is 30.1. The number of hydrogen-bond acceptors (Lipinski definition) is 8. The number of amides is 2. The van der Waals surface area contributed by atoms with Gasteiger partial charge in [-0.05, 0) is 72.9 Å². The number of ether oxygens (including phenoxy) is 2. The molecule has 0 radical (unpaired) electrons. The lowest BCUT2D eigenvalue weighted by Crippen LogP contribution is -2.50. The number of ketones is 2. The highest BCUT2D eigenvalue weighted by molar-refractivity contribution is 5.98. The number of nitrogens with one attached hydrogen (secondary N) is 2. The minimum absolute atomic E-state index is 0.0967. The van der Waals surface area contributed by atoms with Crippen molar-refractivity contribution in [1.82, 2.24) is 20.5 Å². The second kappa shape index (κ2) is 18.3. The largest absolute Gasteiger partial charge is 0.379 e. The van der Waals surface area contributed by atoms with Crippen LogP contribution < -0.4 is 10.6 Å². The number of morpholine rings is 1. The molecule has 3 aromatic rings. The van der Waals surface area contributed by atoms with Crippen LogP contribution in [0, 0.1) is 11.8 Å². The Balaban J connectivity index is 1.29. The Morgan fingerprint density at radius 1 is 0.843 bits per heavy atom. The van der Waals surface area contributed by atoms with E-state index in [1.165, 1.54) is 5.56 Å². The molecule has 51 heavy (non-hydrogen) atoms. The molecule has 0 spiro atoms. The van der Waals surface area contributed by atoms with E-state index >= 15 is 0 Å². The smallest absolute Gasteiger partial charge is 0.224 e. The number of epoxide rings is 1. The van der Waals surface area contributed by atoms with Crippen molar-refractivity contribution >= 4 is 23.4 Å². The number of rotatable bonds is 19. The predicted molar refractivity (Wildman–Crippen MR) is 195 cm³/mol. The highest BCUT2D eigenvalue weighted by Crippen LogP contribution is 2.30. The zero-order valence-electron chi connectivity index (χ0n) is 30.1. The summed E-state index contributed by atoms with van der Waals surface area (Å²) < 4.78 is 10.9. The van der Waals surface area contributed by atoms with Crippen LogP contribution in [0.1, 0.15) is 62.3 Å².